The summed E-state index contributed by atoms with van der Waals surface area (Å²) in [5, 5.41) is 8.68. The van der Waals surface area contributed by atoms with Crippen LogP contribution < -0.4 is 9.62 Å². The van der Waals surface area contributed by atoms with Gasteiger partial charge in [0, 0.05) is 19.2 Å². The third-order valence-corrected chi connectivity index (χ3v) is 5.79. The number of ether oxygens (including phenoxy) is 1. The summed E-state index contributed by atoms with van der Waals surface area (Å²) in [6.45, 7) is 1.65. The van der Waals surface area contributed by atoms with Crippen molar-refractivity contribution in [2.24, 2.45) is 0 Å². The van der Waals surface area contributed by atoms with Crippen LogP contribution in [0.4, 0.5) is 20.2 Å². The molecule has 1 saturated heterocycles. The fraction of sp³-hybridized carbons (Fsp3) is 0.235. The average Bonchev–Trinajstić information content (AvgIpc) is 2.64. The van der Waals surface area contributed by atoms with Crippen molar-refractivity contribution in [3.63, 3.8) is 0 Å². The summed E-state index contributed by atoms with van der Waals surface area (Å²) in [6, 6.07) is 4.59. The molecule has 0 unspecified atom stereocenters. The van der Waals surface area contributed by atoms with Gasteiger partial charge in [-0.05, 0) is 24.3 Å². The fourth-order valence-corrected chi connectivity index (χ4v) is 4.02. The lowest BCUT2D eigenvalue weighted by Crippen LogP contribution is -2.36. The molecule has 0 spiro atoms. The summed E-state index contributed by atoms with van der Waals surface area (Å²) in [5.74, 6) is -3.49. The molecule has 0 amide bonds. The van der Waals surface area contributed by atoms with Crippen LogP contribution in [-0.2, 0) is 14.8 Å². The number of morpholine rings is 1. The molecule has 0 saturated carbocycles. The topological polar surface area (TPSA) is 95.9 Å². The molecule has 150 valence electrons. The largest absolute Gasteiger partial charge is 0.478 e. The van der Waals surface area contributed by atoms with E-state index in [1.165, 1.54) is 6.07 Å². The van der Waals surface area contributed by atoms with Gasteiger partial charge in [-0.3, -0.25) is 4.72 Å². The highest BCUT2D eigenvalue weighted by atomic mass is 35.5. The molecule has 0 bridgehead atoms. The highest BCUT2D eigenvalue weighted by Gasteiger charge is 2.25. The Balaban J connectivity index is 2.00. The standard InChI is InChI=1S/C17H15ClF2N2O5S/c18-11-8-15(22-3-5-27-6-4-22)14(9-12(11)19)21-28(25,26)16-2-1-10(17(23)24)7-13(16)20/h1-2,7-9,21H,3-6H2,(H,23,24). The number of carboxylic acid groups (broad SMARTS) is 1. The average molecular weight is 433 g/mol. The summed E-state index contributed by atoms with van der Waals surface area (Å²) in [5.41, 5.74) is -0.200. The number of anilines is 2. The molecule has 7 nitrogen and oxygen atoms in total. The number of sulfonamides is 1. The summed E-state index contributed by atoms with van der Waals surface area (Å²) in [7, 11) is -4.46. The molecule has 2 N–H and O–H groups in total. The number of nitrogens with one attached hydrogen (secondary N) is 1. The van der Waals surface area contributed by atoms with Crippen molar-refractivity contribution in [2.45, 2.75) is 4.90 Å². The first-order valence-electron chi connectivity index (χ1n) is 8.06. The quantitative estimate of drug-likeness (QED) is 0.754. The van der Waals surface area contributed by atoms with Crippen LogP contribution in [-0.4, -0.2) is 45.8 Å². The van der Waals surface area contributed by atoms with E-state index >= 15 is 0 Å². The molecule has 1 heterocycles. The van der Waals surface area contributed by atoms with Gasteiger partial charge in [0.1, 0.15) is 16.5 Å². The molecule has 2 aromatic rings. The Labute approximate surface area is 164 Å². The number of rotatable bonds is 5. The van der Waals surface area contributed by atoms with Crippen molar-refractivity contribution in [3.05, 3.63) is 52.6 Å². The number of benzene rings is 2. The number of halogens is 3. The van der Waals surface area contributed by atoms with Crippen LogP contribution in [0.5, 0.6) is 0 Å². The van der Waals surface area contributed by atoms with Crippen LogP contribution in [0.25, 0.3) is 0 Å². The van der Waals surface area contributed by atoms with Crippen molar-refractivity contribution in [2.75, 3.05) is 35.9 Å². The van der Waals surface area contributed by atoms with Crippen molar-refractivity contribution < 1.29 is 31.8 Å². The van der Waals surface area contributed by atoms with Gasteiger partial charge < -0.3 is 14.7 Å². The van der Waals surface area contributed by atoms with Crippen LogP contribution >= 0.6 is 11.6 Å². The second kappa shape index (κ2) is 7.90. The van der Waals surface area contributed by atoms with Gasteiger partial charge in [-0.25, -0.2) is 22.0 Å². The molecular formula is C17H15ClF2N2O5S. The van der Waals surface area contributed by atoms with Gasteiger partial charge in [0.25, 0.3) is 10.0 Å². The highest BCUT2D eigenvalue weighted by molar-refractivity contribution is 7.92. The molecular weight excluding hydrogens is 418 g/mol. The van der Waals surface area contributed by atoms with Crippen LogP contribution in [0.2, 0.25) is 5.02 Å². The molecule has 1 aliphatic heterocycles. The van der Waals surface area contributed by atoms with E-state index in [1.807, 2.05) is 0 Å². The maximum atomic E-state index is 14.2. The van der Waals surface area contributed by atoms with Crippen molar-refractivity contribution in [3.8, 4) is 0 Å². The van der Waals surface area contributed by atoms with E-state index in [9.17, 15) is 22.0 Å². The highest BCUT2D eigenvalue weighted by Crippen LogP contribution is 2.34. The Bertz CT molecular complexity index is 1030. The maximum absolute atomic E-state index is 14.2. The normalized spacial score (nSPS) is 14.8. The van der Waals surface area contributed by atoms with Gasteiger partial charge in [-0.1, -0.05) is 11.6 Å². The third-order valence-electron chi connectivity index (χ3n) is 4.10. The SMILES string of the molecule is O=C(O)c1ccc(S(=O)(=O)Nc2cc(F)c(Cl)cc2N2CCOCC2)c(F)c1. The Morgan fingerprint density at radius 2 is 1.82 bits per heavy atom. The van der Waals surface area contributed by atoms with E-state index in [4.69, 9.17) is 21.4 Å². The lowest BCUT2D eigenvalue weighted by atomic mass is 10.2. The van der Waals surface area contributed by atoms with Gasteiger partial charge >= 0.3 is 5.97 Å². The van der Waals surface area contributed by atoms with Crippen molar-refractivity contribution >= 4 is 39.0 Å². The smallest absolute Gasteiger partial charge is 0.335 e. The number of carbonyl (C=O) groups is 1. The summed E-state index contributed by atoms with van der Waals surface area (Å²) in [6.07, 6.45) is 0. The minimum atomic E-state index is -4.46. The Hall–Kier alpha value is -2.43. The molecule has 0 aliphatic carbocycles. The molecule has 2 aromatic carbocycles. The predicted molar refractivity (Wildman–Crippen MR) is 98.6 cm³/mol. The fourth-order valence-electron chi connectivity index (χ4n) is 2.74. The molecule has 0 atom stereocenters. The van der Waals surface area contributed by atoms with E-state index in [-0.39, 0.29) is 10.7 Å². The number of hydrogen-bond donors (Lipinski definition) is 2. The zero-order valence-corrected chi connectivity index (χ0v) is 15.9. The summed E-state index contributed by atoms with van der Waals surface area (Å²) < 4.78 is 60.9. The zero-order chi connectivity index (χ0) is 20.5. The number of hydrogen-bond acceptors (Lipinski definition) is 5. The monoisotopic (exact) mass is 432 g/mol. The summed E-state index contributed by atoms with van der Waals surface area (Å²) >= 11 is 5.84. The molecule has 1 fully saturated rings. The Morgan fingerprint density at radius 1 is 1.14 bits per heavy atom. The van der Waals surface area contributed by atoms with Crippen molar-refractivity contribution in [1.29, 1.82) is 0 Å². The molecule has 0 radical (unpaired) electrons. The van der Waals surface area contributed by atoms with E-state index in [0.717, 1.165) is 18.2 Å². The van der Waals surface area contributed by atoms with Crippen molar-refractivity contribution in [1.82, 2.24) is 0 Å². The Kier molecular flexibility index (Phi) is 5.73. The van der Waals surface area contributed by atoms with E-state index in [2.05, 4.69) is 4.72 Å². The number of carboxylic acids is 1. The third kappa shape index (κ3) is 4.18. The first-order chi connectivity index (χ1) is 13.2. The van der Waals surface area contributed by atoms with Gasteiger partial charge in [0.15, 0.2) is 0 Å². The van der Waals surface area contributed by atoms with Crippen LogP contribution in [0.3, 0.4) is 0 Å². The summed E-state index contributed by atoms with van der Waals surface area (Å²) in [4.78, 5) is 11.9. The van der Waals surface area contributed by atoms with Crippen LogP contribution in [0, 0.1) is 11.6 Å². The lowest BCUT2D eigenvalue weighted by molar-refractivity contribution is 0.0696. The number of nitrogens with zero attached hydrogens (tertiary/aromatic N) is 1. The van der Waals surface area contributed by atoms with Gasteiger partial charge in [0.2, 0.25) is 0 Å². The lowest BCUT2D eigenvalue weighted by Gasteiger charge is -2.30. The Morgan fingerprint density at radius 3 is 2.43 bits per heavy atom. The first kappa shape index (κ1) is 20.3. The van der Waals surface area contributed by atoms with E-state index in [0.29, 0.717) is 38.1 Å². The van der Waals surface area contributed by atoms with Gasteiger partial charge in [0.05, 0.1) is 35.2 Å². The molecule has 11 heteroatoms. The minimum Gasteiger partial charge on any atom is -0.478 e. The molecule has 28 heavy (non-hydrogen) atoms. The number of aromatic carboxylic acids is 1. The van der Waals surface area contributed by atoms with E-state index < -0.39 is 38.1 Å². The molecule has 0 aromatic heterocycles. The molecule has 3 rings (SSSR count). The second-order valence-electron chi connectivity index (χ2n) is 5.94. The molecule has 1 aliphatic rings. The van der Waals surface area contributed by atoms with Gasteiger partial charge in [-0.2, -0.15) is 0 Å². The first-order valence-corrected chi connectivity index (χ1v) is 9.92. The van der Waals surface area contributed by atoms with Crippen LogP contribution in [0.1, 0.15) is 10.4 Å². The maximum Gasteiger partial charge on any atom is 0.335 e. The van der Waals surface area contributed by atoms with Crippen LogP contribution in [0.15, 0.2) is 35.2 Å². The predicted octanol–water partition coefficient (Wildman–Crippen LogP) is 2.95. The van der Waals surface area contributed by atoms with E-state index in [1.54, 1.807) is 4.90 Å². The minimum absolute atomic E-state index is 0.120. The van der Waals surface area contributed by atoms with Gasteiger partial charge in [-0.15, -0.1) is 0 Å². The zero-order valence-electron chi connectivity index (χ0n) is 14.3. The second-order valence-corrected chi connectivity index (χ2v) is 8.00.